The zero-order chi connectivity index (χ0) is 13.5. The van der Waals surface area contributed by atoms with Gasteiger partial charge in [-0.1, -0.05) is 13.8 Å². The van der Waals surface area contributed by atoms with Crippen molar-refractivity contribution in [2.45, 2.75) is 52.2 Å². The van der Waals surface area contributed by atoms with Gasteiger partial charge in [-0.15, -0.1) is 0 Å². The Labute approximate surface area is 108 Å². The Balaban J connectivity index is 2.04. The summed E-state index contributed by atoms with van der Waals surface area (Å²) in [6, 6.07) is -0.266. The Kier molecular flexibility index (Phi) is 3.36. The van der Waals surface area contributed by atoms with E-state index >= 15 is 0 Å². The van der Waals surface area contributed by atoms with Gasteiger partial charge >= 0.3 is 6.03 Å². The van der Waals surface area contributed by atoms with Crippen molar-refractivity contribution in [3.8, 4) is 0 Å². The molecule has 2 atom stereocenters. The molecule has 1 aliphatic heterocycles. The lowest BCUT2D eigenvalue weighted by atomic mass is 9.96. The van der Waals surface area contributed by atoms with Gasteiger partial charge in [-0.25, -0.2) is 9.69 Å². The molecule has 102 valence electrons. The number of urea groups is 1. The van der Waals surface area contributed by atoms with E-state index in [1.165, 1.54) is 4.90 Å². The highest BCUT2D eigenvalue weighted by Crippen LogP contribution is 2.42. The van der Waals surface area contributed by atoms with Crippen molar-refractivity contribution in [2.75, 3.05) is 6.54 Å². The minimum absolute atomic E-state index is 0.0845. The highest BCUT2D eigenvalue weighted by Gasteiger charge is 2.56. The minimum Gasteiger partial charge on any atom is -0.323 e. The molecule has 2 N–H and O–H groups in total. The second kappa shape index (κ2) is 4.53. The van der Waals surface area contributed by atoms with E-state index in [0.29, 0.717) is 11.8 Å². The van der Waals surface area contributed by atoms with Gasteiger partial charge in [0.15, 0.2) is 0 Å². The number of nitrogens with zero attached hydrogens (tertiary/aromatic N) is 1. The molecule has 1 saturated carbocycles. The van der Waals surface area contributed by atoms with Crippen LogP contribution in [0, 0.1) is 11.8 Å². The van der Waals surface area contributed by atoms with Crippen LogP contribution < -0.4 is 10.6 Å². The van der Waals surface area contributed by atoms with Gasteiger partial charge < -0.3 is 5.32 Å². The maximum Gasteiger partial charge on any atom is 0.326 e. The van der Waals surface area contributed by atoms with Crippen molar-refractivity contribution in [1.82, 2.24) is 15.5 Å². The smallest absolute Gasteiger partial charge is 0.323 e. The van der Waals surface area contributed by atoms with E-state index in [9.17, 15) is 9.59 Å². The summed E-state index contributed by atoms with van der Waals surface area (Å²) in [5.41, 5.74) is -0.676. The van der Waals surface area contributed by atoms with Crippen molar-refractivity contribution in [3.05, 3.63) is 0 Å². The Morgan fingerprint density at radius 1 is 1.39 bits per heavy atom. The lowest BCUT2D eigenvalue weighted by Gasteiger charge is -2.25. The van der Waals surface area contributed by atoms with E-state index in [2.05, 4.69) is 24.5 Å². The molecule has 2 unspecified atom stereocenters. The van der Waals surface area contributed by atoms with Crippen molar-refractivity contribution in [2.24, 2.45) is 11.8 Å². The summed E-state index contributed by atoms with van der Waals surface area (Å²) in [6.07, 6.45) is 1.81. The third kappa shape index (κ3) is 2.23. The van der Waals surface area contributed by atoms with Crippen molar-refractivity contribution >= 4 is 11.9 Å². The summed E-state index contributed by atoms with van der Waals surface area (Å²) in [5, 5.41) is 6.08. The highest BCUT2D eigenvalue weighted by molar-refractivity contribution is 6.07. The standard InChI is InChI=1S/C13H23N3O2/c1-8(2)7-14-9(3)16-11(17)13(4,10-5-6-10)15-12(16)18/h8-10,14H,5-7H2,1-4H3,(H,15,18). The Morgan fingerprint density at radius 2 is 2.00 bits per heavy atom. The third-order valence-corrected chi connectivity index (χ3v) is 3.85. The number of carbonyl (C=O) groups is 2. The van der Waals surface area contributed by atoms with Crippen LogP contribution in [0.5, 0.6) is 0 Å². The molecule has 5 nitrogen and oxygen atoms in total. The van der Waals surface area contributed by atoms with Gasteiger partial charge in [0.2, 0.25) is 0 Å². The SMILES string of the molecule is CC(C)CNC(C)N1C(=O)NC(C)(C2CC2)C1=O. The van der Waals surface area contributed by atoms with Crippen molar-refractivity contribution in [3.63, 3.8) is 0 Å². The Bertz CT molecular complexity index is 365. The molecule has 5 heteroatoms. The first-order valence-corrected chi connectivity index (χ1v) is 6.75. The first-order valence-electron chi connectivity index (χ1n) is 6.75. The van der Waals surface area contributed by atoms with Crippen LogP contribution in [0.15, 0.2) is 0 Å². The second-order valence-corrected chi connectivity index (χ2v) is 6.06. The summed E-state index contributed by atoms with van der Waals surface area (Å²) in [4.78, 5) is 25.7. The predicted molar refractivity (Wildman–Crippen MR) is 68.8 cm³/mol. The average Bonchev–Trinajstić information content (AvgIpc) is 3.07. The number of hydrogen-bond acceptors (Lipinski definition) is 3. The Morgan fingerprint density at radius 3 is 2.50 bits per heavy atom. The van der Waals surface area contributed by atoms with Gasteiger partial charge in [0.25, 0.3) is 5.91 Å². The zero-order valence-corrected chi connectivity index (χ0v) is 11.6. The summed E-state index contributed by atoms with van der Waals surface area (Å²) in [7, 11) is 0. The fraction of sp³-hybridized carbons (Fsp3) is 0.846. The van der Waals surface area contributed by atoms with Crippen LogP contribution in [0.25, 0.3) is 0 Å². The molecule has 0 bridgehead atoms. The fourth-order valence-electron chi connectivity index (χ4n) is 2.46. The van der Waals surface area contributed by atoms with Gasteiger partial charge in [-0.2, -0.15) is 0 Å². The van der Waals surface area contributed by atoms with Crippen molar-refractivity contribution in [1.29, 1.82) is 0 Å². The quantitative estimate of drug-likeness (QED) is 0.726. The maximum absolute atomic E-state index is 12.4. The van der Waals surface area contributed by atoms with E-state index < -0.39 is 5.54 Å². The van der Waals surface area contributed by atoms with E-state index in [1.54, 1.807) is 0 Å². The molecule has 0 aromatic carbocycles. The van der Waals surface area contributed by atoms with Crippen LogP contribution in [0.4, 0.5) is 4.79 Å². The lowest BCUT2D eigenvalue weighted by Crippen LogP contribution is -2.50. The van der Waals surface area contributed by atoms with E-state index in [1.807, 2.05) is 13.8 Å². The van der Waals surface area contributed by atoms with Crippen LogP contribution in [0.3, 0.4) is 0 Å². The van der Waals surface area contributed by atoms with E-state index in [4.69, 9.17) is 0 Å². The number of imide groups is 1. The third-order valence-electron chi connectivity index (χ3n) is 3.85. The number of carbonyl (C=O) groups excluding carboxylic acids is 2. The number of amides is 3. The molecule has 0 aromatic rings. The van der Waals surface area contributed by atoms with Gasteiger partial charge in [-0.05, 0) is 45.1 Å². The van der Waals surface area contributed by atoms with Gasteiger partial charge in [0.05, 0.1) is 6.17 Å². The molecule has 1 saturated heterocycles. The number of nitrogens with one attached hydrogen (secondary N) is 2. The summed E-state index contributed by atoms with van der Waals surface area (Å²) in [6.45, 7) is 8.69. The zero-order valence-electron chi connectivity index (χ0n) is 11.6. The van der Waals surface area contributed by atoms with Gasteiger partial charge in [0, 0.05) is 0 Å². The molecule has 0 aromatic heterocycles. The molecule has 1 heterocycles. The molecule has 1 aliphatic carbocycles. The fourth-order valence-corrected chi connectivity index (χ4v) is 2.46. The normalized spacial score (nSPS) is 29.9. The predicted octanol–water partition coefficient (Wildman–Crippen LogP) is 1.30. The first-order chi connectivity index (χ1) is 8.36. The molecular formula is C13H23N3O2. The Hall–Kier alpha value is -1.10. The minimum atomic E-state index is -0.676. The number of hydrogen-bond donors (Lipinski definition) is 2. The molecule has 2 fully saturated rings. The molecule has 18 heavy (non-hydrogen) atoms. The molecule has 0 radical (unpaired) electrons. The molecule has 2 aliphatic rings. The van der Waals surface area contributed by atoms with Crippen LogP contribution >= 0.6 is 0 Å². The van der Waals surface area contributed by atoms with E-state index in [-0.39, 0.29) is 18.1 Å². The largest absolute Gasteiger partial charge is 0.326 e. The van der Waals surface area contributed by atoms with Crippen molar-refractivity contribution < 1.29 is 9.59 Å². The van der Waals surface area contributed by atoms with Crippen LogP contribution in [-0.4, -0.2) is 35.1 Å². The summed E-state index contributed by atoms with van der Waals surface area (Å²) in [5.74, 6) is 0.720. The second-order valence-electron chi connectivity index (χ2n) is 6.06. The molecule has 0 spiro atoms. The monoisotopic (exact) mass is 253 g/mol. The maximum atomic E-state index is 12.4. The summed E-state index contributed by atoms with van der Waals surface area (Å²) >= 11 is 0. The first kappa shape index (κ1) is 13.3. The highest BCUT2D eigenvalue weighted by atomic mass is 16.2. The molecule has 3 amide bonds. The molecule has 2 rings (SSSR count). The summed E-state index contributed by atoms with van der Waals surface area (Å²) < 4.78 is 0. The number of rotatable bonds is 5. The topological polar surface area (TPSA) is 61.4 Å². The van der Waals surface area contributed by atoms with Crippen LogP contribution in [0.2, 0.25) is 0 Å². The van der Waals surface area contributed by atoms with E-state index in [0.717, 1.165) is 19.4 Å². The van der Waals surface area contributed by atoms with Gasteiger partial charge in [0.1, 0.15) is 5.54 Å². The van der Waals surface area contributed by atoms with Crippen LogP contribution in [0.1, 0.15) is 40.5 Å². The molecular weight excluding hydrogens is 230 g/mol. The van der Waals surface area contributed by atoms with Gasteiger partial charge in [-0.3, -0.25) is 10.1 Å². The van der Waals surface area contributed by atoms with Crippen LogP contribution in [-0.2, 0) is 4.79 Å². The lowest BCUT2D eigenvalue weighted by molar-refractivity contribution is -0.133. The average molecular weight is 253 g/mol.